The van der Waals surface area contributed by atoms with Crippen LogP contribution in [-0.2, 0) is 34.9 Å². The van der Waals surface area contributed by atoms with Crippen LogP contribution < -0.4 is 22.1 Å². The van der Waals surface area contributed by atoms with Crippen LogP contribution in [-0.4, -0.2) is 96.4 Å². The van der Waals surface area contributed by atoms with Gasteiger partial charge in [0.2, 0.25) is 0 Å². The third kappa shape index (κ3) is 10.4. The van der Waals surface area contributed by atoms with Gasteiger partial charge in [-0.2, -0.15) is 5.26 Å². The van der Waals surface area contributed by atoms with Gasteiger partial charge in [-0.15, -0.1) is 22.7 Å². The van der Waals surface area contributed by atoms with Gasteiger partial charge in [0.15, 0.2) is 10.3 Å². The van der Waals surface area contributed by atoms with E-state index in [0.29, 0.717) is 53.9 Å². The number of nitrogens with one attached hydrogen (secondary N) is 2. The largest absolute Gasteiger partial charge is 0.444 e. The summed E-state index contributed by atoms with van der Waals surface area (Å²) in [6.45, 7) is 10.5. The first-order valence-electron chi connectivity index (χ1n) is 19.6. The smallest absolute Gasteiger partial charge is 0.413 e. The molecule has 320 valence electrons. The Morgan fingerprint density at radius 1 is 0.900 bits per heavy atom. The molecule has 0 bridgehead atoms. The van der Waals surface area contributed by atoms with Gasteiger partial charge >= 0.3 is 6.09 Å². The number of thiophene rings is 2. The van der Waals surface area contributed by atoms with Crippen molar-refractivity contribution in [2.75, 3.05) is 68.8 Å². The Morgan fingerprint density at radius 3 is 2.27 bits per heavy atom. The summed E-state index contributed by atoms with van der Waals surface area (Å²) in [7, 11) is 0. The van der Waals surface area contributed by atoms with Crippen LogP contribution in [0.25, 0.3) is 0 Å². The number of aromatic nitrogens is 1. The second kappa shape index (κ2) is 19.2. The molecule has 0 aliphatic carbocycles. The number of rotatable bonds is 4. The van der Waals surface area contributed by atoms with Crippen molar-refractivity contribution in [2.45, 2.75) is 56.7 Å². The van der Waals surface area contributed by atoms with Gasteiger partial charge in [0.05, 0.1) is 49.3 Å². The van der Waals surface area contributed by atoms with Crippen molar-refractivity contribution in [3.63, 3.8) is 0 Å². The molecule has 3 aromatic heterocycles. The number of alkyl carbamates (subject to hydrolysis) is 1. The molecule has 3 fully saturated rings. The summed E-state index contributed by atoms with van der Waals surface area (Å²) in [5.74, 6) is 2.42. The van der Waals surface area contributed by atoms with E-state index in [1.54, 1.807) is 40.5 Å². The highest BCUT2D eigenvalue weighted by atomic mass is 32.2. The summed E-state index contributed by atoms with van der Waals surface area (Å²) in [6.07, 6.45) is 3.45. The molecule has 6 N–H and O–H groups in total. The molecule has 2 amide bonds. The number of hydrogen-bond acceptors (Lipinski definition) is 18. The van der Waals surface area contributed by atoms with Crippen molar-refractivity contribution in [1.82, 2.24) is 10.3 Å². The number of nitriles is 1. The zero-order valence-corrected chi connectivity index (χ0v) is 36.9. The molecule has 0 saturated carbocycles. The van der Waals surface area contributed by atoms with Gasteiger partial charge in [-0.1, -0.05) is 28.7 Å². The number of anilines is 2. The maximum Gasteiger partial charge on any atom is 0.413 e. The van der Waals surface area contributed by atoms with E-state index in [1.165, 1.54) is 29.7 Å². The highest BCUT2D eigenvalue weighted by molar-refractivity contribution is 8.14. The van der Waals surface area contributed by atoms with E-state index in [-0.39, 0.29) is 34.5 Å². The summed E-state index contributed by atoms with van der Waals surface area (Å²) in [4.78, 5) is 45.4. The number of nitrogens with zero attached hydrogens (tertiary/aromatic N) is 5. The van der Waals surface area contributed by atoms with Crippen molar-refractivity contribution in [3.05, 3.63) is 62.2 Å². The topological polar surface area (TPSA) is 230 Å². The Bertz CT molecular complexity index is 2150. The maximum absolute atomic E-state index is 12.4. The predicted octanol–water partition coefficient (Wildman–Crippen LogP) is 6.16. The number of pyridine rings is 1. The van der Waals surface area contributed by atoms with Gasteiger partial charge in [0, 0.05) is 88.2 Å². The van der Waals surface area contributed by atoms with Gasteiger partial charge in [-0.25, -0.2) is 19.8 Å². The lowest BCUT2D eigenvalue weighted by molar-refractivity contribution is 0.0112. The van der Waals surface area contributed by atoms with Gasteiger partial charge in [0.1, 0.15) is 35.0 Å². The number of amidine groups is 2. The van der Waals surface area contributed by atoms with Gasteiger partial charge < -0.3 is 40.6 Å². The van der Waals surface area contributed by atoms with Crippen molar-refractivity contribution in [3.8, 4) is 6.07 Å². The number of fused-ring (bicyclic) bond motifs is 3. The number of amides is 2. The minimum absolute atomic E-state index is 0.264. The number of nitrogen functional groups attached to an aromatic ring is 1. The number of ether oxygens (including phenoxy) is 4. The zero-order chi connectivity index (χ0) is 42.3. The van der Waals surface area contributed by atoms with Crippen LogP contribution >= 0.6 is 46.2 Å². The summed E-state index contributed by atoms with van der Waals surface area (Å²) in [5.41, 5.74) is 14.0. The fourth-order valence-corrected chi connectivity index (χ4v) is 11.7. The van der Waals surface area contributed by atoms with E-state index in [2.05, 4.69) is 20.8 Å². The molecule has 0 radical (unpaired) electrons. The van der Waals surface area contributed by atoms with Crippen molar-refractivity contribution < 1.29 is 33.4 Å². The quantitative estimate of drug-likeness (QED) is 0.230. The summed E-state index contributed by atoms with van der Waals surface area (Å²) in [6, 6.07) is 9.06. The number of aliphatic imine (C=N–C) groups is 2. The van der Waals surface area contributed by atoms with Crippen LogP contribution in [0.15, 0.2) is 56.4 Å². The van der Waals surface area contributed by atoms with E-state index in [0.717, 1.165) is 66.0 Å². The molecular weight excluding hydrogens is 847 g/mol. The monoisotopic (exact) mass is 895 g/mol. The maximum atomic E-state index is 12.4. The highest BCUT2D eigenvalue weighted by Gasteiger charge is 2.48. The molecule has 9 rings (SSSR count). The number of hydrogen-bond donors (Lipinski definition) is 4. The summed E-state index contributed by atoms with van der Waals surface area (Å²) < 4.78 is 21.9. The molecule has 0 spiro atoms. The number of carbonyl (C=O) groups is 2. The average Bonchev–Trinajstić information content (AvgIpc) is 4.02. The zero-order valence-electron chi connectivity index (χ0n) is 33.6. The van der Waals surface area contributed by atoms with E-state index in [1.807, 2.05) is 49.7 Å². The summed E-state index contributed by atoms with van der Waals surface area (Å²) in [5, 5.41) is 23.4. The normalized spacial score (nSPS) is 26.8. The van der Waals surface area contributed by atoms with Crippen molar-refractivity contribution >= 4 is 85.6 Å². The highest BCUT2D eigenvalue weighted by Crippen LogP contribution is 2.49. The van der Waals surface area contributed by atoms with Gasteiger partial charge in [-0.05, 0) is 45.0 Å². The minimum Gasteiger partial charge on any atom is -0.444 e. The standard InChI is InChI=1S/C18H17N5O2S2.C16H23N3O3S2.C6H9NO2/c19-6-11-1-2-14(21-7-11)16(24)22-13-5-15(26-10-13)18-3-4-25-8-12(18)9-27-17(20)23-18;1-15(2,3)22-14(20)18-13-19-16(12-6-11(17)9-23-12)4-5-21-7-10(16)8-24-13;1-2-8-3-5-4-9-7-6(1)5/h1-2,5,7,10,12H,3-4,8-9H2,(H2,20,23)(H,22,24);6,9-10H,4-5,7-8,17H2,1-3H3,(H,18,19,20);5H,1-4H2/t12-,18-;10-,16-;5-/m000/s1. The number of thioether (sulfide) groups is 2. The SMILES string of the molecule is C1CC2=NOC[C@@H]2CO1.CC(C)(C)OC(=O)NC1=N[C@@]2(c3cc(N)cs3)CCOC[C@H]2CS1.N#Cc1ccc(C(=O)Nc2csc([C@]34CCOC[C@H]3CSC(N)=N4)c2)nc1. The molecule has 9 heterocycles. The molecule has 60 heavy (non-hydrogen) atoms. The third-order valence-corrected chi connectivity index (χ3v) is 14.7. The average molecular weight is 896 g/mol. The van der Waals surface area contributed by atoms with E-state index >= 15 is 0 Å². The molecule has 0 unspecified atom stereocenters. The lowest BCUT2D eigenvalue weighted by Gasteiger charge is -2.43. The van der Waals surface area contributed by atoms with Crippen LogP contribution in [0.2, 0.25) is 0 Å². The molecule has 5 atom stereocenters. The van der Waals surface area contributed by atoms with Crippen molar-refractivity contribution in [1.29, 1.82) is 5.26 Å². The predicted molar refractivity (Wildman–Crippen MR) is 237 cm³/mol. The van der Waals surface area contributed by atoms with Gasteiger partial charge in [-0.3, -0.25) is 10.1 Å². The molecule has 0 aromatic carbocycles. The molecule has 16 nitrogen and oxygen atoms in total. The molecule has 3 aromatic rings. The molecule has 6 aliphatic heterocycles. The van der Waals surface area contributed by atoms with Crippen LogP contribution in [0.3, 0.4) is 0 Å². The Labute approximate surface area is 365 Å². The second-order valence-electron chi connectivity index (χ2n) is 15.9. The van der Waals surface area contributed by atoms with Crippen LogP contribution in [0, 0.1) is 29.1 Å². The Hall–Kier alpha value is -4.23. The van der Waals surface area contributed by atoms with E-state index < -0.39 is 11.7 Å². The van der Waals surface area contributed by atoms with Crippen LogP contribution in [0.5, 0.6) is 0 Å². The Morgan fingerprint density at radius 2 is 1.60 bits per heavy atom. The first-order valence-corrected chi connectivity index (χ1v) is 23.3. The lowest BCUT2D eigenvalue weighted by atomic mass is 9.80. The summed E-state index contributed by atoms with van der Waals surface area (Å²) >= 11 is 6.30. The molecule has 20 heteroatoms. The Kier molecular flexibility index (Phi) is 14.0. The lowest BCUT2D eigenvalue weighted by Crippen LogP contribution is -2.48. The minimum atomic E-state index is -0.537. The second-order valence-corrected chi connectivity index (χ2v) is 19.7. The van der Waals surface area contributed by atoms with Crippen LogP contribution in [0.1, 0.15) is 65.8 Å². The first-order chi connectivity index (χ1) is 28.9. The molecular formula is C40H49N9O7S4. The fourth-order valence-electron chi connectivity index (χ4n) is 7.45. The fraction of sp³-hybridized carbons (Fsp3) is 0.525. The Balaban J connectivity index is 0.000000151. The molecule has 6 aliphatic rings. The number of oxime groups is 1. The molecule has 3 saturated heterocycles. The number of carbonyl (C=O) groups excluding carboxylic acids is 2. The van der Waals surface area contributed by atoms with E-state index in [9.17, 15) is 9.59 Å². The third-order valence-electron chi connectivity index (χ3n) is 10.5. The first kappa shape index (κ1) is 43.8. The van der Waals surface area contributed by atoms with Crippen molar-refractivity contribution in [2.24, 2.45) is 38.6 Å². The van der Waals surface area contributed by atoms with E-state index in [4.69, 9.17) is 50.5 Å². The number of nitrogens with two attached hydrogens (primary N) is 2. The van der Waals surface area contributed by atoms with Crippen LogP contribution in [0.4, 0.5) is 16.2 Å². The van der Waals surface area contributed by atoms with Gasteiger partial charge in [0.25, 0.3) is 5.91 Å².